The predicted molar refractivity (Wildman–Crippen MR) is 180 cm³/mol. The van der Waals surface area contributed by atoms with E-state index in [1.54, 1.807) is 11.3 Å². The molecule has 9 aromatic rings. The summed E-state index contributed by atoms with van der Waals surface area (Å²) in [6.07, 6.45) is 0. The number of hydrogen-bond donors (Lipinski definition) is 0. The van der Waals surface area contributed by atoms with Crippen LogP contribution in [0.4, 0.5) is 0 Å². The number of rotatable bonds is 3. The SMILES string of the molecule is c1ccc(-c2csc3cc4c(cc23)oc2cccc(-c3c5ccccc5c(-c5ccccc5)c5ccccc35)c24)cc1. The van der Waals surface area contributed by atoms with Gasteiger partial charge in [-0.3, -0.25) is 0 Å². The Labute approximate surface area is 246 Å². The third-order valence-electron chi connectivity index (χ3n) is 8.54. The molecule has 0 bridgehead atoms. The molecule has 0 unspecified atom stereocenters. The van der Waals surface area contributed by atoms with Crippen molar-refractivity contribution in [3.8, 4) is 33.4 Å². The predicted octanol–water partition coefficient (Wildman–Crippen LogP) is 12.1. The fourth-order valence-electron chi connectivity index (χ4n) is 6.73. The lowest BCUT2D eigenvalue weighted by Gasteiger charge is -2.18. The Bertz CT molecular complexity index is 2390. The maximum absolute atomic E-state index is 6.60. The van der Waals surface area contributed by atoms with Crippen LogP contribution in [-0.2, 0) is 0 Å². The van der Waals surface area contributed by atoms with Gasteiger partial charge in [-0.15, -0.1) is 11.3 Å². The van der Waals surface area contributed by atoms with Crippen LogP contribution in [0.25, 0.3) is 87.0 Å². The van der Waals surface area contributed by atoms with Crippen molar-refractivity contribution in [2.75, 3.05) is 0 Å². The Morgan fingerprint density at radius 3 is 1.67 bits per heavy atom. The van der Waals surface area contributed by atoms with Crippen molar-refractivity contribution in [3.63, 3.8) is 0 Å². The topological polar surface area (TPSA) is 13.1 Å². The molecule has 0 fully saturated rings. The largest absolute Gasteiger partial charge is 0.456 e. The molecule has 0 spiro atoms. The molecule has 0 N–H and O–H groups in total. The van der Waals surface area contributed by atoms with E-state index in [0.717, 1.165) is 16.6 Å². The highest BCUT2D eigenvalue weighted by atomic mass is 32.1. The van der Waals surface area contributed by atoms with Gasteiger partial charge in [-0.05, 0) is 72.9 Å². The zero-order chi connectivity index (χ0) is 27.6. The van der Waals surface area contributed by atoms with Crippen molar-refractivity contribution in [2.45, 2.75) is 0 Å². The van der Waals surface area contributed by atoms with Crippen LogP contribution in [0, 0.1) is 0 Å². The Kier molecular flexibility index (Phi) is 5.13. The molecule has 2 heteroatoms. The van der Waals surface area contributed by atoms with Crippen LogP contribution in [0.15, 0.2) is 149 Å². The normalized spacial score (nSPS) is 11.8. The van der Waals surface area contributed by atoms with E-state index in [9.17, 15) is 0 Å². The molecular weight excluding hydrogens is 529 g/mol. The summed E-state index contributed by atoms with van der Waals surface area (Å²) < 4.78 is 7.88. The molecule has 2 heterocycles. The number of furan rings is 1. The van der Waals surface area contributed by atoms with Crippen molar-refractivity contribution in [3.05, 3.63) is 145 Å². The third-order valence-corrected chi connectivity index (χ3v) is 9.48. The second-order valence-electron chi connectivity index (χ2n) is 10.8. The smallest absolute Gasteiger partial charge is 0.136 e. The monoisotopic (exact) mass is 552 g/mol. The average Bonchev–Trinajstić information content (AvgIpc) is 3.64. The van der Waals surface area contributed by atoms with E-state index in [-0.39, 0.29) is 0 Å². The fourth-order valence-corrected chi connectivity index (χ4v) is 7.72. The number of thiophene rings is 1. The maximum atomic E-state index is 6.60. The van der Waals surface area contributed by atoms with Crippen LogP contribution in [0.5, 0.6) is 0 Å². The number of benzene rings is 7. The molecule has 9 rings (SSSR count). The lowest BCUT2D eigenvalue weighted by atomic mass is 9.85. The first-order chi connectivity index (χ1) is 20.8. The average molecular weight is 553 g/mol. The van der Waals surface area contributed by atoms with Gasteiger partial charge in [-0.1, -0.05) is 121 Å². The molecule has 1 nitrogen and oxygen atoms in total. The summed E-state index contributed by atoms with van der Waals surface area (Å²) in [4.78, 5) is 0. The van der Waals surface area contributed by atoms with E-state index in [4.69, 9.17) is 4.42 Å². The third kappa shape index (κ3) is 3.43. The molecule has 0 saturated heterocycles. The molecular formula is C40H24OS. The minimum absolute atomic E-state index is 0.918. The lowest BCUT2D eigenvalue weighted by molar-refractivity contribution is 0.669. The minimum Gasteiger partial charge on any atom is -0.456 e. The summed E-state index contributed by atoms with van der Waals surface area (Å²) in [5.41, 5.74) is 9.31. The Morgan fingerprint density at radius 1 is 0.405 bits per heavy atom. The Morgan fingerprint density at radius 2 is 1.00 bits per heavy atom. The van der Waals surface area contributed by atoms with Gasteiger partial charge in [0.05, 0.1) is 0 Å². The molecule has 0 aliphatic rings. The summed E-state index contributed by atoms with van der Waals surface area (Å²) in [6, 6.07) is 50.2. The summed E-state index contributed by atoms with van der Waals surface area (Å²) in [5.74, 6) is 0. The van der Waals surface area contributed by atoms with Crippen LogP contribution in [0.3, 0.4) is 0 Å². The minimum atomic E-state index is 0.918. The second-order valence-corrected chi connectivity index (χ2v) is 11.8. The molecule has 2 aromatic heterocycles. The van der Waals surface area contributed by atoms with Crippen LogP contribution in [0.2, 0.25) is 0 Å². The molecule has 0 amide bonds. The van der Waals surface area contributed by atoms with Gasteiger partial charge in [-0.25, -0.2) is 0 Å². The molecule has 0 radical (unpaired) electrons. The standard InChI is InChI=1S/C40H24OS/c1-3-12-25(13-4-1)34-24-42-37-23-33-36(22-32(34)37)41-35-21-11-20-31(40(33)35)39-29-18-9-7-16-27(29)38(26-14-5-2-6-15-26)28-17-8-10-19-30(28)39/h1-24H. The summed E-state index contributed by atoms with van der Waals surface area (Å²) in [6.45, 7) is 0. The summed E-state index contributed by atoms with van der Waals surface area (Å²) in [5, 5.41) is 10.9. The zero-order valence-electron chi connectivity index (χ0n) is 22.7. The van der Waals surface area contributed by atoms with Crippen molar-refractivity contribution in [2.24, 2.45) is 0 Å². The van der Waals surface area contributed by atoms with E-state index < -0.39 is 0 Å². The van der Waals surface area contributed by atoms with E-state index in [2.05, 4.69) is 145 Å². The first kappa shape index (κ1) is 23.5. The molecule has 0 saturated carbocycles. The van der Waals surface area contributed by atoms with Gasteiger partial charge in [0.25, 0.3) is 0 Å². The molecule has 42 heavy (non-hydrogen) atoms. The van der Waals surface area contributed by atoms with Crippen LogP contribution in [-0.4, -0.2) is 0 Å². The van der Waals surface area contributed by atoms with Crippen molar-refractivity contribution in [1.29, 1.82) is 0 Å². The summed E-state index contributed by atoms with van der Waals surface area (Å²) in [7, 11) is 0. The Balaban J connectivity index is 1.39. The van der Waals surface area contributed by atoms with Crippen molar-refractivity contribution < 1.29 is 4.42 Å². The van der Waals surface area contributed by atoms with Gasteiger partial charge >= 0.3 is 0 Å². The van der Waals surface area contributed by atoms with Gasteiger partial charge in [0.1, 0.15) is 11.2 Å². The quantitative estimate of drug-likeness (QED) is 0.199. The molecule has 7 aromatic carbocycles. The first-order valence-corrected chi connectivity index (χ1v) is 15.1. The molecule has 0 atom stereocenters. The lowest BCUT2D eigenvalue weighted by Crippen LogP contribution is -1.91. The number of hydrogen-bond acceptors (Lipinski definition) is 2. The van der Waals surface area contributed by atoms with Crippen LogP contribution in [0.1, 0.15) is 0 Å². The van der Waals surface area contributed by atoms with E-state index in [1.165, 1.54) is 70.4 Å². The maximum Gasteiger partial charge on any atom is 0.136 e. The van der Waals surface area contributed by atoms with E-state index >= 15 is 0 Å². The van der Waals surface area contributed by atoms with Crippen LogP contribution >= 0.6 is 11.3 Å². The highest BCUT2D eigenvalue weighted by molar-refractivity contribution is 7.17. The van der Waals surface area contributed by atoms with Gasteiger partial charge in [0.2, 0.25) is 0 Å². The van der Waals surface area contributed by atoms with E-state index in [0.29, 0.717) is 0 Å². The number of fused-ring (bicyclic) bond motifs is 6. The second kappa shape index (κ2) is 9.17. The van der Waals surface area contributed by atoms with Gasteiger partial charge in [-0.2, -0.15) is 0 Å². The van der Waals surface area contributed by atoms with E-state index in [1.807, 2.05) is 0 Å². The van der Waals surface area contributed by atoms with Gasteiger partial charge in [0, 0.05) is 26.4 Å². The Hall–Kier alpha value is -5.18. The highest BCUT2D eigenvalue weighted by Crippen LogP contribution is 2.47. The van der Waals surface area contributed by atoms with Crippen LogP contribution < -0.4 is 0 Å². The molecule has 0 aliphatic carbocycles. The summed E-state index contributed by atoms with van der Waals surface area (Å²) >= 11 is 1.80. The first-order valence-electron chi connectivity index (χ1n) is 14.3. The molecule has 196 valence electrons. The molecule has 0 aliphatic heterocycles. The van der Waals surface area contributed by atoms with Crippen molar-refractivity contribution >= 4 is 64.9 Å². The van der Waals surface area contributed by atoms with Crippen molar-refractivity contribution in [1.82, 2.24) is 0 Å². The van der Waals surface area contributed by atoms with Gasteiger partial charge < -0.3 is 4.42 Å². The fraction of sp³-hybridized carbons (Fsp3) is 0. The van der Waals surface area contributed by atoms with Gasteiger partial charge in [0.15, 0.2) is 0 Å². The zero-order valence-corrected chi connectivity index (χ0v) is 23.5. The highest BCUT2D eigenvalue weighted by Gasteiger charge is 2.21.